The first kappa shape index (κ1) is 12.7. The first-order valence-electron chi connectivity index (χ1n) is 4.91. The molecule has 1 heterocycles. The van der Waals surface area contributed by atoms with E-state index in [4.69, 9.17) is 19.7 Å². The number of nitrogen functional groups attached to an aromatic ring is 1. The largest absolute Gasteiger partial charge is 0.495 e. The van der Waals surface area contributed by atoms with Crippen LogP contribution in [0.2, 0.25) is 0 Å². The lowest BCUT2D eigenvalue weighted by atomic mass is 10.1. The topological polar surface area (TPSA) is 70.5 Å². The fourth-order valence-electron chi connectivity index (χ4n) is 1.57. The van der Waals surface area contributed by atoms with E-state index in [0.717, 1.165) is 0 Å². The molecule has 2 N–H and O–H groups in total. The van der Waals surface area contributed by atoms with Crippen LogP contribution < -0.4 is 15.2 Å². The van der Waals surface area contributed by atoms with Gasteiger partial charge in [0.15, 0.2) is 23.1 Å². The van der Waals surface area contributed by atoms with Crippen LogP contribution in [0.25, 0.3) is 11.3 Å². The van der Waals surface area contributed by atoms with Crippen molar-refractivity contribution in [1.29, 1.82) is 0 Å². The summed E-state index contributed by atoms with van der Waals surface area (Å²) in [6.07, 6.45) is 0. The Labute approximate surface area is 111 Å². The van der Waals surface area contributed by atoms with Crippen LogP contribution in [0.3, 0.4) is 0 Å². The van der Waals surface area contributed by atoms with Crippen molar-refractivity contribution in [2.24, 2.45) is 0 Å². The molecule has 5 nitrogen and oxygen atoms in total. The highest BCUT2D eigenvalue weighted by Crippen LogP contribution is 2.43. The second-order valence-electron chi connectivity index (χ2n) is 3.40. The summed E-state index contributed by atoms with van der Waals surface area (Å²) in [4.78, 5) is 0. The normalized spacial score (nSPS) is 10.4. The molecule has 0 aliphatic rings. The summed E-state index contributed by atoms with van der Waals surface area (Å²) in [5.41, 5.74) is 5.86. The molecule has 18 heavy (non-hydrogen) atoms. The minimum atomic E-state index is -0.546. The second-order valence-corrected chi connectivity index (χ2v) is 4.20. The molecular formula is C11H10BrFN2O3. The molecule has 0 atom stereocenters. The zero-order valence-electron chi connectivity index (χ0n) is 9.66. The molecule has 2 aromatic rings. The molecule has 0 amide bonds. The Morgan fingerprint density at radius 3 is 2.44 bits per heavy atom. The number of nitrogens with zero attached hydrogens (tertiary/aromatic N) is 1. The fourth-order valence-corrected chi connectivity index (χ4v) is 2.30. The minimum absolute atomic E-state index is 0.0584. The first-order chi connectivity index (χ1) is 8.58. The van der Waals surface area contributed by atoms with E-state index in [0.29, 0.717) is 21.5 Å². The van der Waals surface area contributed by atoms with E-state index < -0.39 is 5.82 Å². The van der Waals surface area contributed by atoms with Crippen molar-refractivity contribution in [1.82, 2.24) is 5.16 Å². The maximum absolute atomic E-state index is 13.8. The van der Waals surface area contributed by atoms with Gasteiger partial charge in [0.25, 0.3) is 0 Å². The second kappa shape index (κ2) is 4.85. The number of anilines is 1. The molecule has 0 unspecified atom stereocenters. The minimum Gasteiger partial charge on any atom is -0.495 e. The summed E-state index contributed by atoms with van der Waals surface area (Å²) in [6.45, 7) is 0. The third kappa shape index (κ3) is 2.01. The molecule has 7 heteroatoms. The SMILES string of the molecule is COc1c(F)cc(-c2cc(N)no2)c(OC)c1Br. The van der Waals surface area contributed by atoms with Crippen LogP contribution in [-0.4, -0.2) is 19.4 Å². The van der Waals surface area contributed by atoms with Crippen LogP contribution in [0, 0.1) is 5.82 Å². The monoisotopic (exact) mass is 316 g/mol. The Hall–Kier alpha value is -1.76. The highest BCUT2D eigenvalue weighted by atomic mass is 79.9. The summed E-state index contributed by atoms with van der Waals surface area (Å²) in [7, 11) is 2.83. The Balaban J connectivity index is 2.68. The van der Waals surface area contributed by atoms with Gasteiger partial charge in [-0.2, -0.15) is 0 Å². The highest BCUT2D eigenvalue weighted by molar-refractivity contribution is 9.10. The van der Waals surface area contributed by atoms with Crippen molar-refractivity contribution in [3.05, 3.63) is 22.4 Å². The molecule has 1 aromatic carbocycles. The van der Waals surface area contributed by atoms with E-state index in [1.807, 2.05) is 0 Å². The van der Waals surface area contributed by atoms with E-state index in [-0.39, 0.29) is 11.6 Å². The lowest BCUT2D eigenvalue weighted by Gasteiger charge is -2.12. The van der Waals surface area contributed by atoms with Gasteiger partial charge >= 0.3 is 0 Å². The van der Waals surface area contributed by atoms with Crippen LogP contribution in [0.15, 0.2) is 21.1 Å². The average Bonchev–Trinajstić information content (AvgIpc) is 2.75. The lowest BCUT2D eigenvalue weighted by Crippen LogP contribution is -1.96. The molecule has 0 radical (unpaired) electrons. The van der Waals surface area contributed by atoms with Crippen LogP contribution in [0.1, 0.15) is 0 Å². The Kier molecular flexibility index (Phi) is 3.42. The van der Waals surface area contributed by atoms with Crippen LogP contribution >= 0.6 is 15.9 Å². The molecule has 0 aliphatic carbocycles. The number of halogens is 2. The number of aromatic nitrogens is 1. The number of hydrogen-bond donors (Lipinski definition) is 1. The van der Waals surface area contributed by atoms with Gasteiger partial charge in [0.2, 0.25) is 0 Å². The molecule has 0 saturated carbocycles. The van der Waals surface area contributed by atoms with Crippen molar-refractivity contribution in [2.75, 3.05) is 20.0 Å². The van der Waals surface area contributed by atoms with Gasteiger partial charge in [-0.15, -0.1) is 0 Å². The van der Waals surface area contributed by atoms with Gasteiger partial charge in [0.1, 0.15) is 10.2 Å². The third-order valence-electron chi connectivity index (χ3n) is 2.33. The lowest BCUT2D eigenvalue weighted by molar-refractivity contribution is 0.368. The van der Waals surface area contributed by atoms with E-state index in [9.17, 15) is 4.39 Å². The summed E-state index contributed by atoms with van der Waals surface area (Å²) >= 11 is 3.22. The molecule has 2 rings (SSSR count). The molecule has 0 saturated heterocycles. The van der Waals surface area contributed by atoms with Crippen molar-refractivity contribution < 1.29 is 18.4 Å². The number of ether oxygens (including phenoxy) is 2. The van der Waals surface area contributed by atoms with Gasteiger partial charge in [-0.05, 0) is 22.0 Å². The predicted molar refractivity (Wildman–Crippen MR) is 67.1 cm³/mol. The molecule has 96 valence electrons. The molecule has 0 spiro atoms. The zero-order chi connectivity index (χ0) is 13.3. The highest BCUT2D eigenvalue weighted by Gasteiger charge is 2.21. The predicted octanol–water partition coefficient (Wildman–Crippen LogP) is 2.84. The van der Waals surface area contributed by atoms with Crippen LogP contribution in [0.5, 0.6) is 11.5 Å². The molecule has 1 aromatic heterocycles. The Morgan fingerprint density at radius 1 is 1.28 bits per heavy atom. The van der Waals surface area contributed by atoms with E-state index >= 15 is 0 Å². The van der Waals surface area contributed by atoms with Gasteiger partial charge in [-0.1, -0.05) is 5.16 Å². The van der Waals surface area contributed by atoms with Crippen LogP contribution in [-0.2, 0) is 0 Å². The number of hydrogen-bond acceptors (Lipinski definition) is 5. The van der Waals surface area contributed by atoms with E-state index in [2.05, 4.69) is 21.1 Å². The van der Waals surface area contributed by atoms with Crippen molar-refractivity contribution in [3.8, 4) is 22.8 Å². The number of nitrogens with two attached hydrogens (primary N) is 1. The van der Waals surface area contributed by atoms with Crippen LogP contribution in [0.4, 0.5) is 10.2 Å². The number of methoxy groups -OCH3 is 2. The van der Waals surface area contributed by atoms with Crippen molar-refractivity contribution in [2.45, 2.75) is 0 Å². The quantitative estimate of drug-likeness (QED) is 0.942. The number of rotatable bonds is 3. The van der Waals surface area contributed by atoms with Gasteiger partial charge < -0.3 is 19.7 Å². The average molecular weight is 317 g/mol. The maximum atomic E-state index is 13.8. The summed E-state index contributed by atoms with van der Waals surface area (Å²) in [5, 5.41) is 3.55. The van der Waals surface area contributed by atoms with Gasteiger partial charge in [-0.3, -0.25) is 0 Å². The third-order valence-corrected chi connectivity index (χ3v) is 3.05. The maximum Gasteiger partial charge on any atom is 0.172 e. The van der Waals surface area contributed by atoms with Gasteiger partial charge in [-0.25, -0.2) is 4.39 Å². The summed E-state index contributed by atoms with van der Waals surface area (Å²) in [5.74, 6) is 0.411. The summed E-state index contributed by atoms with van der Waals surface area (Å²) in [6, 6.07) is 2.72. The van der Waals surface area contributed by atoms with Crippen molar-refractivity contribution >= 4 is 21.7 Å². The Bertz CT molecular complexity index is 586. The van der Waals surface area contributed by atoms with Gasteiger partial charge in [0.05, 0.1) is 19.8 Å². The molecule has 0 bridgehead atoms. The first-order valence-corrected chi connectivity index (χ1v) is 5.70. The number of benzene rings is 1. The van der Waals surface area contributed by atoms with Gasteiger partial charge in [0, 0.05) is 6.07 Å². The zero-order valence-corrected chi connectivity index (χ0v) is 11.2. The standard InChI is InChI=1S/C11H10BrFN2O3/c1-16-10-5(7-4-8(14)15-18-7)3-6(13)11(17-2)9(10)12/h3-4H,1-2H3,(H2,14,15). The molecule has 0 fully saturated rings. The van der Waals surface area contributed by atoms with E-state index in [1.165, 1.54) is 26.4 Å². The fraction of sp³-hybridized carbons (Fsp3) is 0.182. The molecular weight excluding hydrogens is 307 g/mol. The Morgan fingerprint density at radius 2 is 1.94 bits per heavy atom. The summed E-state index contributed by atoms with van der Waals surface area (Å²) < 4.78 is 29.3. The van der Waals surface area contributed by atoms with Crippen molar-refractivity contribution in [3.63, 3.8) is 0 Å². The molecule has 0 aliphatic heterocycles. The van der Waals surface area contributed by atoms with E-state index in [1.54, 1.807) is 0 Å². The smallest absolute Gasteiger partial charge is 0.172 e.